The smallest absolute Gasteiger partial charge is 0.488 e. The number of anilines is 1. The molecule has 8 nitrogen and oxygen atoms in total. The number of phenols is 1. The van der Waals surface area contributed by atoms with Crippen LogP contribution < -0.4 is 10.4 Å². The van der Waals surface area contributed by atoms with E-state index in [-0.39, 0.29) is 28.9 Å². The lowest BCUT2D eigenvalue weighted by Gasteiger charge is -2.42. The van der Waals surface area contributed by atoms with E-state index in [0.29, 0.717) is 36.0 Å². The third-order valence-electron chi connectivity index (χ3n) is 7.43. The number of phenolic OH excluding ortho intramolecular Hbond substituents is 1. The number of carbonyl (C=O) groups excluding carboxylic acids is 2. The zero-order chi connectivity index (χ0) is 24.9. The van der Waals surface area contributed by atoms with E-state index in [9.17, 15) is 29.8 Å². The Labute approximate surface area is 204 Å². The molecule has 10 heteroatoms. The highest BCUT2D eigenvalue weighted by molar-refractivity contribution is 6.58. The average molecular weight is 475 g/mol. The largest absolute Gasteiger partial charge is 0.508 e. The van der Waals surface area contributed by atoms with Crippen LogP contribution in [-0.4, -0.2) is 46.2 Å². The fourth-order valence-corrected chi connectivity index (χ4v) is 5.97. The Morgan fingerprint density at radius 2 is 1.86 bits per heavy atom. The monoisotopic (exact) mass is 475 g/mol. The van der Waals surface area contributed by atoms with E-state index in [2.05, 4.69) is 0 Å². The molecule has 0 saturated carbocycles. The number of aromatic hydroxyl groups is 1. The summed E-state index contributed by atoms with van der Waals surface area (Å²) in [6.07, 6.45) is 1.75. The summed E-state index contributed by atoms with van der Waals surface area (Å²) in [6, 6.07) is 12.8. The van der Waals surface area contributed by atoms with Crippen LogP contribution in [-0.2, 0) is 14.2 Å². The molecular formula is C25H27B2NO7. The topological polar surface area (TPSA) is 128 Å². The van der Waals surface area contributed by atoms with E-state index in [1.807, 2.05) is 6.92 Å². The minimum absolute atomic E-state index is 0.0827. The number of hydrogen-bond acceptors (Lipinski definition) is 7. The van der Waals surface area contributed by atoms with Crippen LogP contribution in [0.25, 0.3) is 0 Å². The molecule has 2 heterocycles. The highest BCUT2D eigenvalue weighted by atomic mass is 16.5. The molecule has 0 unspecified atom stereocenters. The first kappa shape index (κ1) is 23.8. The van der Waals surface area contributed by atoms with Gasteiger partial charge in [-0.25, -0.2) is 0 Å². The predicted octanol–water partition coefficient (Wildman–Crippen LogP) is 1.48. The molecule has 35 heavy (non-hydrogen) atoms. The summed E-state index contributed by atoms with van der Waals surface area (Å²) in [5, 5.41) is 40.1. The fourth-order valence-electron chi connectivity index (χ4n) is 5.97. The Hall–Kier alpha value is -2.91. The van der Waals surface area contributed by atoms with Crippen molar-refractivity contribution >= 4 is 37.2 Å². The van der Waals surface area contributed by atoms with Gasteiger partial charge < -0.3 is 24.8 Å². The Morgan fingerprint density at radius 1 is 1.09 bits per heavy atom. The summed E-state index contributed by atoms with van der Waals surface area (Å²) in [6.45, 7) is 2.03. The number of nitrogens with zero attached hydrogens (tertiary/aromatic N) is 1. The SMILES string of the molecule is CCCC1=C2B(O)O[C@H](c3cccc(O)c3)C[C@H]2[C@H]2C(=O)N(c3cccc(B(O)O)c3)C(=O)[C@H]2C1. The quantitative estimate of drug-likeness (QED) is 0.381. The number of amides is 2. The number of carbonyl (C=O) groups is 2. The van der Waals surface area contributed by atoms with Gasteiger partial charge in [-0.15, -0.1) is 0 Å². The van der Waals surface area contributed by atoms with Crippen LogP contribution in [0.5, 0.6) is 5.75 Å². The van der Waals surface area contributed by atoms with E-state index >= 15 is 0 Å². The highest BCUT2D eigenvalue weighted by Gasteiger charge is 2.58. The molecule has 3 aliphatic rings. The molecular weight excluding hydrogens is 448 g/mol. The van der Waals surface area contributed by atoms with Gasteiger partial charge in [0.2, 0.25) is 11.8 Å². The van der Waals surface area contributed by atoms with Gasteiger partial charge in [0.05, 0.1) is 23.6 Å². The van der Waals surface area contributed by atoms with Crippen LogP contribution >= 0.6 is 0 Å². The second-order valence-corrected chi connectivity index (χ2v) is 9.54. The molecule has 1 aliphatic carbocycles. The third kappa shape index (κ3) is 4.10. The lowest BCUT2D eigenvalue weighted by Crippen LogP contribution is -2.45. The second kappa shape index (κ2) is 9.28. The van der Waals surface area contributed by atoms with E-state index in [1.165, 1.54) is 12.1 Å². The zero-order valence-corrected chi connectivity index (χ0v) is 19.4. The Bertz CT molecular complexity index is 1200. The van der Waals surface area contributed by atoms with Gasteiger partial charge in [-0.2, -0.15) is 0 Å². The molecule has 0 spiro atoms. The van der Waals surface area contributed by atoms with Gasteiger partial charge in [-0.1, -0.05) is 43.2 Å². The van der Waals surface area contributed by atoms with Crippen molar-refractivity contribution in [2.45, 2.75) is 38.7 Å². The predicted molar refractivity (Wildman–Crippen MR) is 130 cm³/mol. The summed E-state index contributed by atoms with van der Waals surface area (Å²) >= 11 is 0. The van der Waals surface area contributed by atoms with Crippen LogP contribution in [0.3, 0.4) is 0 Å². The first-order chi connectivity index (χ1) is 16.8. The standard InChI is InChI=1S/C25H27B2NO7/c1-2-5-15-11-20-22(25(31)28(24(20)30)17-8-4-7-16(12-17)26(32)33)19-13-21(35-27(34)23(15)19)14-6-3-9-18(29)10-14/h3-4,6-10,12,19-22,29,32-34H,2,5,11,13H2,1H3/t19-,20-,21-,22+/m0/s1. The molecule has 5 rings (SSSR count). The van der Waals surface area contributed by atoms with Crippen molar-refractivity contribution in [2.75, 3.05) is 4.90 Å². The van der Waals surface area contributed by atoms with Crippen LogP contribution in [0.15, 0.2) is 59.6 Å². The summed E-state index contributed by atoms with van der Waals surface area (Å²) in [5.74, 6) is -2.19. The molecule has 180 valence electrons. The van der Waals surface area contributed by atoms with Crippen molar-refractivity contribution in [3.8, 4) is 5.75 Å². The van der Waals surface area contributed by atoms with Crippen molar-refractivity contribution < 1.29 is 34.4 Å². The molecule has 4 atom stereocenters. The lowest BCUT2D eigenvalue weighted by molar-refractivity contribution is -0.123. The fraction of sp³-hybridized carbons (Fsp3) is 0.360. The molecule has 2 saturated heterocycles. The first-order valence-electron chi connectivity index (χ1n) is 12.0. The van der Waals surface area contributed by atoms with Crippen molar-refractivity contribution in [3.05, 3.63) is 65.1 Å². The molecule has 0 radical (unpaired) electrons. The highest BCUT2D eigenvalue weighted by Crippen LogP contribution is 2.52. The van der Waals surface area contributed by atoms with Gasteiger partial charge >= 0.3 is 14.2 Å². The van der Waals surface area contributed by atoms with Crippen molar-refractivity contribution in [2.24, 2.45) is 17.8 Å². The number of hydrogen-bond donors (Lipinski definition) is 4. The van der Waals surface area contributed by atoms with Crippen LogP contribution in [0.4, 0.5) is 5.69 Å². The molecule has 2 aromatic rings. The van der Waals surface area contributed by atoms with E-state index in [4.69, 9.17) is 4.65 Å². The van der Waals surface area contributed by atoms with Gasteiger partial charge in [-0.3, -0.25) is 14.5 Å². The maximum absolute atomic E-state index is 13.8. The number of rotatable bonds is 5. The zero-order valence-electron chi connectivity index (χ0n) is 19.4. The Balaban J connectivity index is 1.54. The van der Waals surface area contributed by atoms with E-state index < -0.39 is 32.2 Å². The summed E-state index contributed by atoms with van der Waals surface area (Å²) in [7, 11) is -2.92. The molecule has 4 N–H and O–H groups in total. The Morgan fingerprint density at radius 3 is 2.57 bits per heavy atom. The van der Waals surface area contributed by atoms with Gasteiger partial charge in [-0.05, 0) is 65.9 Å². The average Bonchev–Trinajstić information content (AvgIpc) is 3.08. The molecule has 2 aromatic carbocycles. The summed E-state index contributed by atoms with van der Waals surface area (Å²) < 4.78 is 5.96. The Kier molecular flexibility index (Phi) is 6.31. The summed E-state index contributed by atoms with van der Waals surface area (Å²) in [4.78, 5) is 28.5. The number of allylic oxidation sites excluding steroid dienone is 2. The van der Waals surface area contributed by atoms with Gasteiger partial charge in [0.1, 0.15) is 5.75 Å². The van der Waals surface area contributed by atoms with Crippen molar-refractivity contribution in [1.82, 2.24) is 0 Å². The minimum Gasteiger partial charge on any atom is -0.508 e. The van der Waals surface area contributed by atoms with E-state index in [1.54, 1.807) is 36.4 Å². The number of benzene rings is 2. The number of fused-ring (bicyclic) bond motifs is 3. The van der Waals surface area contributed by atoms with Crippen molar-refractivity contribution in [1.29, 1.82) is 0 Å². The molecule has 0 bridgehead atoms. The molecule has 2 fully saturated rings. The maximum atomic E-state index is 13.8. The summed E-state index contributed by atoms with van der Waals surface area (Å²) in [5.41, 5.74) is 2.85. The van der Waals surface area contributed by atoms with Gasteiger partial charge in [0.15, 0.2) is 0 Å². The van der Waals surface area contributed by atoms with Crippen LogP contribution in [0.1, 0.15) is 44.3 Å². The van der Waals surface area contributed by atoms with Gasteiger partial charge in [0, 0.05) is 0 Å². The number of imide groups is 1. The first-order valence-corrected chi connectivity index (χ1v) is 12.0. The van der Waals surface area contributed by atoms with E-state index in [0.717, 1.165) is 16.9 Å². The lowest BCUT2D eigenvalue weighted by atomic mass is 9.54. The van der Waals surface area contributed by atoms with Gasteiger partial charge in [0.25, 0.3) is 0 Å². The normalized spacial score (nSPS) is 26.2. The maximum Gasteiger partial charge on any atom is 0.488 e. The minimum atomic E-state index is -1.72. The molecule has 2 aliphatic heterocycles. The van der Waals surface area contributed by atoms with Crippen LogP contribution in [0, 0.1) is 17.8 Å². The van der Waals surface area contributed by atoms with Crippen molar-refractivity contribution in [3.63, 3.8) is 0 Å². The molecule has 2 amide bonds. The van der Waals surface area contributed by atoms with Crippen LogP contribution in [0.2, 0.25) is 0 Å². The second-order valence-electron chi connectivity index (χ2n) is 9.54. The molecule has 0 aromatic heterocycles. The third-order valence-corrected chi connectivity index (χ3v) is 7.43.